The van der Waals surface area contributed by atoms with E-state index in [1.807, 2.05) is 84.9 Å². The van der Waals surface area contributed by atoms with E-state index in [0.29, 0.717) is 11.5 Å². The molecule has 48 heavy (non-hydrogen) atoms. The van der Waals surface area contributed by atoms with Crippen molar-refractivity contribution in [2.45, 2.75) is 0 Å². The largest absolute Gasteiger partial charge is 0.456 e. The van der Waals surface area contributed by atoms with Gasteiger partial charge in [-0.2, -0.15) is 0 Å². The lowest BCUT2D eigenvalue weighted by Crippen LogP contribution is -2.10. The lowest BCUT2D eigenvalue weighted by atomic mass is 10.0. The van der Waals surface area contributed by atoms with Gasteiger partial charge in [0.15, 0.2) is 5.58 Å². The van der Waals surface area contributed by atoms with E-state index >= 15 is 0 Å². The number of hydrogen-bond acceptors (Lipinski definition) is 5. The molecule has 5 nitrogen and oxygen atoms in total. The smallest absolute Gasteiger partial charge is 0.227 e. The van der Waals surface area contributed by atoms with Crippen LogP contribution in [0.2, 0.25) is 0 Å². The van der Waals surface area contributed by atoms with Crippen molar-refractivity contribution in [1.82, 2.24) is 4.98 Å². The van der Waals surface area contributed by atoms with Crippen LogP contribution in [0.15, 0.2) is 171 Å². The predicted molar refractivity (Wildman–Crippen MR) is 194 cm³/mol. The molecule has 0 spiro atoms. The second-order valence-corrected chi connectivity index (χ2v) is 11.9. The summed E-state index contributed by atoms with van der Waals surface area (Å²) in [6.45, 7) is 0. The van der Waals surface area contributed by atoms with E-state index in [1.54, 1.807) is 0 Å². The van der Waals surface area contributed by atoms with Gasteiger partial charge in [0.1, 0.15) is 27.8 Å². The van der Waals surface area contributed by atoms with Crippen molar-refractivity contribution in [1.29, 1.82) is 0 Å². The summed E-state index contributed by atoms with van der Waals surface area (Å²) in [5, 5.41) is 4.18. The van der Waals surface area contributed by atoms with Crippen molar-refractivity contribution in [2.75, 3.05) is 4.90 Å². The maximum absolute atomic E-state index is 6.70. The van der Waals surface area contributed by atoms with Crippen LogP contribution in [0.3, 0.4) is 0 Å². The summed E-state index contributed by atoms with van der Waals surface area (Å²) >= 11 is 0. The van der Waals surface area contributed by atoms with Crippen molar-refractivity contribution in [2.24, 2.45) is 0 Å². The number of aromatic nitrogens is 1. The Balaban J connectivity index is 1.19. The van der Waals surface area contributed by atoms with Crippen molar-refractivity contribution >= 4 is 72.0 Å². The van der Waals surface area contributed by atoms with E-state index in [-0.39, 0.29) is 0 Å². The number of oxazole rings is 1. The molecule has 3 aromatic heterocycles. The van der Waals surface area contributed by atoms with E-state index in [2.05, 4.69) is 77.7 Å². The molecule has 5 heteroatoms. The van der Waals surface area contributed by atoms with Crippen molar-refractivity contribution in [3.8, 4) is 22.6 Å². The Morgan fingerprint density at radius 3 is 1.88 bits per heavy atom. The van der Waals surface area contributed by atoms with Gasteiger partial charge in [0.25, 0.3) is 0 Å². The number of benzene rings is 7. The first kappa shape index (κ1) is 26.6. The SMILES string of the molecule is c1ccc(-c2nc3c(o2)c(N(c2ccccc2)c2ccc(-c4cccc5c4oc4ccccc45)cc2)cc2oc4ccccc4c23)cc1. The molecular formula is C43H26N2O3. The molecule has 0 N–H and O–H groups in total. The molecule has 0 aliphatic rings. The third kappa shape index (κ3) is 4.08. The number of nitrogens with zero attached hydrogens (tertiary/aromatic N) is 2. The molecule has 0 radical (unpaired) electrons. The molecule has 0 unspecified atom stereocenters. The summed E-state index contributed by atoms with van der Waals surface area (Å²) in [5.41, 5.74) is 10.6. The van der Waals surface area contributed by atoms with E-state index in [4.69, 9.17) is 18.2 Å². The zero-order valence-corrected chi connectivity index (χ0v) is 25.6. The van der Waals surface area contributed by atoms with E-state index < -0.39 is 0 Å². The Hall–Kier alpha value is -6.59. The Kier molecular flexibility index (Phi) is 5.81. The minimum atomic E-state index is 0.562. The fourth-order valence-electron chi connectivity index (χ4n) is 6.90. The fraction of sp³-hybridized carbons (Fsp3) is 0. The van der Waals surface area contributed by atoms with Crippen LogP contribution < -0.4 is 4.90 Å². The Labute approximate surface area is 274 Å². The highest BCUT2D eigenvalue weighted by Gasteiger charge is 2.25. The molecule has 0 fully saturated rings. The van der Waals surface area contributed by atoms with E-state index in [1.165, 1.54) is 0 Å². The van der Waals surface area contributed by atoms with Gasteiger partial charge in [0.2, 0.25) is 5.89 Å². The van der Waals surface area contributed by atoms with Crippen LogP contribution in [0.4, 0.5) is 17.1 Å². The second kappa shape index (κ2) is 10.5. The third-order valence-corrected chi connectivity index (χ3v) is 9.10. The molecule has 10 rings (SSSR count). The monoisotopic (exact) mass is 618 g/mol. The maximum atomic E-state index is 6.70. The first-order chi connectivity index (χ1) is 23.8. The van der Waals surface area contributed by atoms with Gasteiger partial charge in [-0.25, -0.2) is 4.98 Å². The molecule has 0 aliphatic heterocycles. The number of fused-ring (bicyclic) bond motifs is 8. The number of para-hydroxylation sites is 4. The number of hydrogen-bond donors (Lipinski definition) is 0. The van der Waals surface area contributed by atoms with Crippen molar-refractivity contribution in [3.05, 3.63) is 158 Å². The molecule has 226 valence electrons. The Morgan fingerprint density at radius 1 is 0.438 bits per heavy atom. The van der Waals surface area contributed by atoms with E-state index in [9.17, 15) is 0 Å². The minimum absolute atomic E-state index is 0.562. The van der Waals surface area contributed by atoms with Gasteiger partial charge in [0, 0.05) is 44.7 Å². The molecule has 0 aliphatic carbocycles. The van der Waals surface area contributed by atoms with Gasteiger partial charge < -0.3 is 18.2 Å². The second-order valence-electron chi connectivity index (χ2n) is 11.9. The van der Waals surface area contributed by atoms with Crippen LogP contribution >= 0.6 is 0 Å². The summed E-state index contributed by atoms with van der Waals surface area (Å²) in [7, 11) is 0. The summed E-state index contributed by atoms with van der Waals surface area (Å²) in [6, 6.07) is 53.6. The first-order valence-corrected chi connectivity index (χ1v) is 16.0. The minimum Gasteiger partial charge on any atom is -0.456 e. The molecular weight excluding hydrogens is 592 g/mol. The van der Waals surface area contributed by atoms with Gasteiger partial charge in [-0.1, -0.05) is 103 Å². The lowest BCUT2D eigenvalue weighted by molar-refractivity contribution is 0.619. The lowest BCUT2D eigenvalue weighted by Gasteiger charge is -2.25. The summed E-state index contributed by atoms with van der Waals surface area (Å²) in [5.74, 6) is 0.562. The summed E-state index contributed by atoms with van der Waals surface area (Å²) < 4.78 is 19.5. The van der Waals surface area contributed by atoms with E-state index in [0.717, 1.165) is 83.1 Å². The topological polar surface area (TPSA) is 55.6 Å². The molecule has 3 heterocycles. The highest BCUT2D eigenvalue weighted by molar-refractivity contribution is 6.20. The number of anilines is 3. The number of furan rings is 2. The van der Waals surface area contributed by atoms with Gasteiger partial charge >= 0.3 is 0 Å². The molecule has 0 saturated carbocycles. The molecule has 0 amide bonds. The summed E-state index contributed by atoms with van der Waals surface area (Å²) in [4.78, 5) is 7.31. The van der Waals surface area contributed by atoms with Gasteiger partial charge in [0.05, 0.1) is 11.1 Å². The van der Waals surface area contributed by atoms with Crippen molar-refractivity contribution in [3.63, 3.8) is 0 Å². The first-order valence-electron chi connectivity index (χ1n) is 16.0. The molecule has 0 saturated heterocycles. The normalized spacial score (nSPS) is 11.8. The quantitative estimate of drug-likeness (QED) is 0.192. The van der Waals surface area contributed by atoms with Crippen molar-refractivity contribution < 1.29 is 13.3 Å². The zero-order chi connectivity index (χ0) is 31.6. The van der Waals surface area contributed by atoms with Crippen LogP contribution in [-0.4, -0.2) is 4.98 Å². The van der Waals surface area contributed by atoms with Gasteiger partial charge in [-0.05, 0) is 54.1 Å². The highest BCUT2D eigenvalue weighted by Crippen LogP contribution is 2.46. The molecule has 0 atom stereocenters. The van der Waals surface area contributed by atoms with Gasteiger partial charge in [-0.3, -0.25) is 0 Å². The maximum Gasteiger partial charge on any atom is 0.227 e. The van der Waals surface area contributed by atoms with Crippen LogP contribution in [0, 0.1) is 0 Å². The number of rotatable bonds is 5. The molecule has 7 aromatic carbocycles. The molecule has 0 bridgehead atoms. The average molecular weight is 619 g/mol. The van der Waals surface area contributed by atoms with Gasteiger partial charge in [-0.15, -0.1) is 0 Å². The molecule has 10 aromatic rings. The third-order valence-electron chi connectivity index (χ3n) is 9.10. The highest BCUT2D eigenvalue weighted by atomic mass is 16.4. The Bertz CT molecular complexity index is 2770. The van der Waals surface area contributed by atoms with Crippen LogP contribution in [0.25, 0.3) is 77.6 Å². The zero-order valence-electron chi connectivity index (χ0n) is 25.6. The summed E-state index contributed by atoms with van der Waals surface area (Å²) in [6.07, 6.45) is 0. The van der Waals surface area contributed by atoms with Crippen LogP contribution in [-0.2, 0) is 0 Å². The van der Waals surface area contributed by atoms with Crippen LogP contribution in [0.1, 0.15) is 0 Å². The average Bonchev–Trinajstić information content (AvgIpc) is 3.86. The predicted octanol–water partition coefficient (Wildman–Crippen LogP) is 12.4. The fourth-order valence-corrected chi connectivity index (χ4v) is 6.90. The Morgan fingerprint density at radius 2 is 1.08 bits per heavy atom. The standard InChI is InChI=1S/C43H26N2O3/c1-3-12-28(13-4-1)43-44-40-39-34-17-8-10-21-37(34)46-38(39)26-35(42(40)48-43)45(29-14-5-2-6-15-29)30-24-22-27(23-25-30)31-18-11-19-33-32-16-7-9-20-36(32)47-41(31)33/h1-26H. The van der Waals surface area contributed by atoms with Crippen LogP contribution in [0.5, 0.6) is 0 Å².